The summed E-state index contributed by atoms with van der Waals surface area (Å²) in [6.45, 7) is 0.0285. The van der Waals surface area contributed by atoms with E-state index in [2.05, 4.69) is 4.98 Å². The van der Waals surface area contributed by atoms with Crippen molar-refractivity contribution in [3.8, 4) is 11.5 Å². The van der Waals surface area contributed by atoms with Crippen LogP contribution in [-0.2, 0) is 9.84 Å². The Hall–Kier alpha value is -3.42. The van der Waals surface area contributed by atoms with Crippen LogP contribution >= 0.6 is 11.6 Å². The molecule has 0 spiro atoms. The number of sulfone groups is 1. The first-order valence-corrected chi connectivity index (χ1v) is 11.1. The van der Waals surface area contributed by atoms with Gasteiger partial charge in [0.15, 0.2) is 17.3 Å². The number of pyridine rings is 1. The van der Waals surface area contributed by atoms with E-state index < -0.39 is 15.6 Å². The number of rotatable bonds is 4. The molecule has 0 fully saturated rings. The highest BCUT2D eigenvalue weighted by molar-refractivity contribution is 7.91. The van der Waals surface area contributed by atoms with Crippen LogP contribution < -0.4 is 9.47 Å². The summed E-state index contributed by atoms with van der Waals surface area (Å²) in [4.78, 5) is 17.5. The standard InChI is InChI=1S/C23H14ClNO5S/c24-15-6-8-16(9-7-15)31(27,28)23-17-10-20-21(30-13-29-20)11-19(17)25-12-18(23)22(26)14-4-2-1-3-5-14/h1-12H,13H2. The molecule has 1 aliphatic heterocycles. The van der Waals surface area contributed by atoms with Crippen LogP contribution in [0.15, 0.2) is 82.7 Å². The van der Waals surface area contributed by atoms with Crippen LogP contribution in [0.5, 0.6) is 11.5 Å². The molecular weight excluding hydrogens is 438 g/mol. The first-order valence-electron chi connectivity index (χ1n) is 9.28. The molecule has 0 aliphatic carbocycles. The molecule has 0 saturated heterocycles. The van der Waals surface area contributed by atoms with Gasteiger partial charge in [0.2, 0.25) is 16.6 Å². The molecule has 154 valence electrons. The number of aromatic nitrogens is 1. The molecule has 0 radical (unpaired) electrons. The van der Waals surface area contributed by atoms with Gasteiger partial charge < -0.3 is 9.47 Å². The van der Waals surface area contributed by atoms with Gasteiger partial charge in [0.05, 0.1) is 20.9 Å². The number of ether oxygens (including phenoxy) is 2. The van der Waals surface area contributed by atoms with Crippen LogP contribution in [-0.4, -0.2) is 26.0 Å². The van der Waals surface area contributed by atoms with Gasteiger partial charge in [-0.1, -0.05) is 41.9 Å². The summed E-state index contributed by atoms with van der Waals surface area (Å²) in [6, 6.07) is 17.4. The van der Waals surface area contributed by atoms with Crippen molar-refractivity contribution in [1.82, 2.24) is 4.98 Å². The van der Waals surface area contributed by atoms with Crippen molar-refractivity contribution in [2.45, 2.75) is 9.79 Å². The van der Waals surface area contributed by atoms with Gasteiger partial charge in [-0.25, -0.2) is 8.42 Å². The summed E-state index contributed by atoms with van der Waals surface area (Å²) in [5.41, 5.74) is 0.714. The maximum Gasteiger partial charge on any atom is 0.231 e. The lowest BCUT2D eigenvalue weighted by Gasteiger charge is -2.14. The number of carbonyl (C=O) groups excluding carboxylic acids is 1. The third-order valence-corrected chi connectivity index (χ3v) is 7.11. The molecule has 1 aliphatic rings. The Morgan fingerprint density at radius 3 is 2.32 bits per heavy atom. The molecule has 8 heteroatoms. The molecule has 4 aromatic rings. The van der Waals surface area contributed by atoms with E-state index in [1.165, 1.54) is 30.5 Å². The van der Waals surface area contributed by atoms with Gasteiger partial charge in [-0.2, -0.15) is 0 Å². The molecule has 5 rings (SSSR count). The average Bonchev–Trinajstić information content (AvgIpc) is 3.24. The Labute approximate surface area is 182 Å². The second-order valence-corrected chi connectivity index (χ2v) is 9.20. The van der Waals surface area contributed by atoms with E-state index in [0.717, 1.165) is 0 Å². The van der Waals surface area contributed by atoms with Crippen molar-refractivity contribution in [1.29, 1.82) is 0 Å². The predicted molar refractivity (Wildman–Crippen MR) is 115 cm³/mol. The Balaban J connectivity index is 1.82. The van der Waals surface area contributed by atoms with Gasteiger partial charge in [-0.15, -0.1) is 0 Å². The number of hydrogen-bond donors (Lipinski definition) is 0. The molecule has 0 amide bonds. The predicted octanol–water partition coefficient (Wildman–Crippen LogP) is 4.68. The van der Waals surface area contributed by atoms with Crippen molar-refractivity contribution in [2.75, 3.05) is 6.79 Å². The maximum atomic E-state index is 13.7. The lowest BCUT2D eigenvalue weighted by atomic mass is 10.0. The number of nitrogens with zero attached hydrogens (tertiary/aromatic N) is 1. The zero-order chi connectivity index (χ0) is 21.6. The summed E-state index contributed by atoms with van der Waals surface area (Å²) in [5, 5.41) is 0.684. The summed E-state index contributed by atoms with van der Waals surface area (Å²) in [6.07, 6.45) is 1.29. The first kappa shape index (κ1) is 19.5. The molecule has 3 aromatic carbocycles. The molecule has 0 unspecified atom stereocenters. The Kier molecular flexibility index (Phi) is 4.64. The highest BCUT2D eigenvalue weighted by atomic mass is 35.5. The lowest BCUT2D eigenvalue weighted by Crippen LogP contribution is -2.12. The molecule has 6 nitrogen and oxygen atoms in total. The van der Waals surface area contributed by atoms with Crippen LogP contribution in [0.4, 0.5) is 0 Å². The average molecular weight is 452 g/mol. The van der Waals surface area contributed by atoms with Crippen molar-refractivity contribution in [3.63, 3.8) is 0 Å². The van der Waals surface area contributed by atoms with E-state index >= 15 is 0 Å². The van der Waals surface area contributed by atoms with Gasteiger partial charge in [0, 0.05) is 28.2 Å². The normalized spacial score (nSPS) is 12.8. The number of fused-ring (bicyclic) bond motifs is 2. The Morgan fingerprint density at radius 1 is 0.935 bits per heavy atom. The van der Waals surface area contributed by atoms with Gasteiger partial charge in [-0.3, -0.25) is 9.78 Å². The third kappa shape index (κ3) is 3.32. The summed E-state index contributed by atoms with van der Waals surface area (Å²) in [7, 11) is -4.10. The fourth-order valence-corrected chi connectivity index (χ4v) is 5.23. The summed E-state index contributed by atoms with van der Waals surface area (Å²) < 4.78 is 38.3. The van der Waals surface area contributed by atoms with Crippen LogP contribution in [0.3, 0.4) is 0 Å². The zero-order valence-corrected chi connectivity index (χ0v) is 17.5. The number of ketones is 1. The monoisotopic (exact) mass is 451 g/mol. The minimum Gasteiger partial charge on any atom is -0.454 e. The molecule has 31 heavy (non-hydrogen) atoms. The minimum absolute atomic E-state index is 0.0178. The number of halogens is 1. The largest absolute Gasteiger partial charge is 0.454 e. The number of carbonyl (C=O) groups is 1. The van der Waals surface area contributed by atoms with E-state index in [4.69, 9.17) is 21.1 Å². The quantitative estimate of drug-likeness (QED) is 0.419. The summed E-state index contributed by atoms with van der Waals surface area (Å²) in [5.74, 6) is 0.420. The van der Waals surface area contributed by atoms with Crippen LogP contribution in [0.2, 0.25) is 5.02 Å². The fraction of sp³-hybridized carbons (Fsp3) is 0.0435. The van der Waals surface area contributed by atoms with E-state index in [0.29, 0.717) is 27.6 Å². The van der Waals surface area contributed by atoms with Crippen molar-refractivity contribution in [2.24, 2.45) is 0 Å². The fourth-order valence-electron chi connectivity index (χ4n) is 3.49. The molecule has 0 bridgehead atoms. The van der Waals surface area contributed by atoms with Gasteiger partial charge in [-0.05, 0) is 30.3 Å². The molecule has 0 N–H and O–H groups in total. The molecule has 0 atom stereocenters. The molecule has 2 heterocycles. The van der Waals surface area contributed by atoms with Gasteiger partial charge >= 0.3 is 0 Å². The number of benzene rings is 3. The smallest absolute Gasteiger partial charge is 0.231 e. The van der Waals surface area contributed by atoms with Crippen LogP contribution in [0, 0.1) is 0 Å². The lowest BCUT2D eigenvalue weighted by molar-refractivity contribution is 0.103. The second kappa shape index (κ2) is 7.37. The van der Waals surface area contributed by atoms with Gasteiger partial charge in [0.25, 0.3) is 0 Å². The highest BCUT2D eigenvalue weighted by Crippen LogP contribution is 2.40. The van der Waals surface area contributed by atoms with Crippen molar-refractivity contribution >= 4 is 38.1 Å². The molecule has 0 saturated carbocycles. The summed E-state index contributed by atoms with van der Waals surface area (Å²) >= 11 is 5.94. The van der Waals surface area contributed by atoms with E-state index in [1.54, 1.807) is 42.5 Å². The minimum atomic E-state index is -4.10. The SMILES string of the molecule is O=C(c1ccccc1)c1cnc2cc3c(cc2c1S(=O)(=O)c1ccc(Cl)cc1)OCO3. The van der Waals surface area contributed by atoms with E-state index in [1.807, 2.05) is 0 Å². The second-order valence-electron chi connectivity index (χ2n) is 6.88. The Bertz CT molecular complexity index is 1430. The van der Waals surface area contributed by atoms with Crippen LogP contribution in [0.1, 0.15) is 15.9 Å². The highest BCUT2D eigenvalue weighted by Gasteiger charge is 2.30. The zero-order valence-electron chi connectivity index (χ0n) is 15.9. The van der Waals surface area contributed by atoms with Gasteiger partial charge in [0.1, 0.15) is 0 Å². The molecular formula is C23H14ClNO5S. The first-order chi connectivity index (χ1) is 14.9. The number of hydrogen-bond acceptors (Lipinski definition) is 6. The van der Waals surface area contributed by atoms with Crippen molar-refractivity contribution < 1.29 is 22.7 Å². The van der Waals surface area contributed by atoms with E-state index in [-0.39, 0.29) is 27.5 Å². The van der Waals surface area contributed by atoms with Crippen LogP contribution in [0.25, 0.3) is 10.9 Å². The van der Waals surface area contributed by atoms with E-state index in [9.17, 15) is 13.2 Å². The molecule has 1 aromatic heterocycles. The third-order valence-electron chi connectivity index (χ3n) is 4.99. The Morgan fingerprint density at radius 2 is 1.61 bits per heavy atom. The maximum absolute atomic E-state index is 13.7. The topological polar surface area (TPSA) is 82.6 Å². The van der Waals surface area contributed by atoms with Crippen molar-refractivity contribution in [3.05, 3.63) is 89.1 Å².